The molecule has 1 aromatic rings. The molecule has 0 radical (unpaired) electrons. The predicted octanol–water partition coefficient (Wildman–Crippen LogP) is 2.00. The van der Waals surface area contributed by atoms with Crippen molar-refractivity contribution >= 4 is 6.03 Å². The molecule has 4 saturated heterocycles. The fraction of sp³-hybridized carbons (Fsp3) is 0.667. The van der Waals surface area contributed by atoms with Gasteiger partial charge in [0.05, 0.1) is 13.2 Å². The van der Waals surface area contributed by atoms with Gasteiger partial charge in [-0.3, -0.25) is 4.90 Å². The smallest absolute Gasteiger partial charge is 0.320 e. The Kier molecular flexibility index (Phi) is 4.37. The van der Waals surface area contributed by atoms with E-state index in [9.17, 15) is 4.79 Å². The van der Waals surface area contributed by atoms with Crippen LogP contribution in [0.2, 0.25) is 0 Å². The second-order valence-corrected chi connectivity index (χ2v) is 8.42. The number of rotatable bonds is 1. The van der Waals surface area contributed by atoms with Gasteiger partial charge in [0.15, 0.2) is 0 Å². The maximum absolute atomic E-state index is 13.1. The first-order valence-electron chi connectivity index (χ1n) is 10.2. The lowest BCUT2D eigenvalue weighted by atomic mass is 9.95. The normalized spacial score (nSPS) is 29.7. The van der Waals surface area contributed by atoms with E-state index < -0.39 is 0 Å². The summed E-state index contributed by atoms with van der Waals surface area (Å²) in [7, 11) is 0. The zero-order chi connectivity index (χ0) is 17.5. The molecule has 0 spiro atoms. The first-order chi connectivity index (χ1) is 12.8. The third-order valence-electron chi connectivity index (χ3n) is 6.81. The summed E-state index contributed by atoms with van der Waals surface area (Å²) in [6.07, 6.45) is 4.78. The van der Waals surface area contributed by atoms with Gasteiger partial charge < -0.3 is 14.5 Å². The number of benzene rings is 1. The standard InChI is InChI=1S/C21H29N3O2/c25-21(22-7-9-26-10-8-22)24-14-16-5-6-19(24)15-23(13-16)20-11-17-3-1-2-4-18(17)12-20/h1-4,16,19-20H,5-15H2/t16-,19+/m0/s1. The number of carbonyl (C=O) groups excluding carboxylic acids is 1. The number of urea groups is 1. The van der Waals surface area contributed by atoms with E-state index in [2.05, 4.69) is 34.1 Å². The van der Waals surface area contributed by atoms with Crippen molar-refractivity contribution in [3.63, 3.8) is 0 Å². The van der Waals surface area contributed by atoms with E-state index in [1.165, 1.54) is 30.4 Å². The van der Waals surface area contributed by atoms with E-state index >= 15 is 0 Å². The van der Waals surface area contributed by atoms with E-state index in [-0.39, 0.29) is 6.03 Å². The molecule has 140 valence electrons. The van der Waals surface area contributed by atoms with Crippen molar-refractivity contribution in [3.8, 4) is 0 Å². The monoisotopic (exact) mass is 355 g/mol. The first-order valence-corrected chi connectivity index (χ1v) is 10.2. The molecule has 0 saturated carbocycles. The fourth-order valence-electron chi connectivity index (χ4n) is 5.38. The van der Waals surface area contributed by atoms with Crippen LogP contribution in [0.4, 0.5) is 4.79 Å². The molecule has 4 heterocycles. The van der Waals surface area contributed by atoms with Crippen molar-refractivity contribution < 1.29 is 9.53 Å². The first kappa shape index (κ1) is 16.6. The van der Waals surface area contributed by atoms with E-state index in [4.69, 9.17) is 4.74 Å². The Balaban J connectivity index is 1.29. The van der Waals surface area contributed by atoms with E-state index in [1.807, 2.05) is 4.90 Å². The quantitative estimate of drug-likeness (QED) is 0.773. The molecule has 2 atom stereocenters. The number of carbonyl (C=O) groups is 1. The van der Waals surface area contributed by atoms with Crippen molar-refractivity contribution in [2.24, 2.45) is 5.92 Å². The molecule has 2 amide bonds. The Hall–Kier alpha value is -1.59. The highest BCUT2D eigenvalue weighted by Crippen LogP contribution is 2.33. The second kappa shape index (κ2) is 6.86. The Bertz CT molecular complexity index is 648. The van der Waals surface area contributed by atoms with Gasteiger partial charge in [-0.2, -0.15) is 0 Å². The molecule has 4 aliphatic heterocycles. The SMILES string of the molecule is O=C(N1CCOCC1)N1C[C@H]2CC[C@@H]1CN(C1Cc3ccccc3C1)C2. The van der Waals surface area contributed by atoms with Crippen molar-refractivity contribution in [2.45, 2.75) is 37.8 Å². The van der Waals surface area contributed by atoms with Gasteiger partial charge in [0.2, 0.25) is 0 Å². The van der Waals surface area contributed by atoms with Crippen LogP contribution in [0.5, 0.6) is 0 Å². The van der Waals surface area contributed by atoms with Crippen molar-refractivity contribution in [3.05, 3.63) is 35.4 Å². The summed E-state index contributed by atoms with van der Waals surface area (Å²) in [5.74, 6) is 0.627. The minimum absolute atomic E-state index is 0.250. The third-order valence-corrected chi connectivity index (χ3v) is 6.81. The zero-order valence-electron chi connectivity index (χ0n) is 15.5. The summed E-state index contributed by atoms with van der Waals surface area (Å²) in [4.78, 5) is 20.0. The third kappa shape index (κ3) is 3.01. The van der Waals surface area contributed by atoms with E-state index in [0.29, 0.717) is 31.2 Å². The summed E-state index contributed by atoms with van der Waals surface area (Å²) in [6.45, 7) is 5.99. The van der Waals surface area contributed by atoms with Gasteiger partial charge in [0.1, 0.15) is 0 Å². The Morgan fingerprint density at radius 3 is 2.38 bits per heavy atom. The summed E-state index contributed by atoms with van der Waals surface area (Å²) in [5.41, 5.74) is 3.05. The number of morpholine rings is 1. The summed E-state index contributed by atoms with van der Waals surface area (Å²) < 4.78 is 5.42. The van der Waals surface area contributed by atoms with Crippen LogP contribution in [0.15, 0.2) is 24.3 Å². The van der Waals surface area contributed by atoms with Crippen LogP contribution in [-0.4, -0.2) is 78.8 Å². The van der Waals surface area contributed by atoms with Crippen molar-refractivity contribution in [2.75, 3.05) is 45.9 Å². The molecule has 0 aromatic heterocycles. The van der Waals surface area contributed by atoms with Gasteiger partial charge in [0, 0.05) is 44.8 Å². The average molecular weight is 355 g/mol. The van der Waals surface area contributed by atoms with Crippen LogP contribution < -0.4 is 0 Å². The van der Waals surface area contributed by atoms with E-state index in [0.717, 1.165) is 39.1 Å². The summed E-state index contributed by atoms with van der Waals surface area (Å²) in [6, 6.07) is 10.2. The zero-order valence-corrected chi connectivity index (χ0v) is 15.5. The number of fused-ring (bicyclic) bond motifs is 5. The maximum atomic E-state index is 13.1. The van der Waals surface area contributed by atoms with Gasteiger partial charge in [-0.05, 0) is 42.7 Å². The molecule has 2 bridgehead atoms. The lowest BCUT2D eigenvalue weighted by Crippen LogP contribution is -2.55. The molecule has 5 heteroatoms. The van der Waals surface area contributed by atoms with Gasteiger partial charge in [0.25, 0.3) is 0 Å². The maximum Gasteiger partial charge on any atom is 0.320 e. The lowest BCUT2D eigenvalue weighted by Gasteiger charge is -2.40. The Labute approximate surface area is 155 Å². The molecular weight excluding hydrogens is 326 g/mol. The molecule has 26 heavy (non-hydrogen) atoms. The highest BCUT2D eigenvalue weighted by Gasteiger charge is 2.41. The molecule has 6 rings (SSSR count). The van der Waals surface area contributed by atoms with Gasteiger partial charge >= 0.3 is 6.03 Å². The number of hydrogen-bond donors (Lipinski definition) is 0. The molecule has 5 nitrogen and oxygen atoms in total. The molecular formula is C21H29N3O2. The highest BCUT2D eigenvalue weighted by atomic mass is 16.5. The number of piperidine rings is 1. The summed E-state index contributed by atoms with van der Waals surface area (Å²) in [5, 5.41) is 0. The topological polar surface area (TPSA) is 36.0 Å². The molecule has 1 aliphatic carbocycles. The van der Waals surface area contributed by atoms with Crippen LogP contribution in [0.25, 0.3) is 0 Å². The minimum atomic E-state index is 0.250. The average Bonchev–Trinajstić information content (AvgIpc) is 2.91. The number of amides is 2. The number of hydrogen-bond acceptors (Lipinski definition) is 3. The van der Waals surface area contributed by atoms with Crippen LogP contribution in [-0.2, 0) is 17.6 Å². The van der Waals surface area contributed by atoms with Gasteiger partial charge in [-0.1, -0.05) is 24.3 Å². The Morgan fingerprint density at radius 2 is 1.65 bits per heavy atom. The summed E-state index contributed by atoms with van der Waals surface area (Å²) >= 11 is 0. The molecule has 1 aromatic carbocycles. The number of ether oxygens (including phenoxy) is 1. The fourth-order valence-corrected chi connectivity index (χ4v) is 5.38. The lowest BCUT2D eigenvalue weighted by molar-refractivity contribution is 0.0339. The molecule has 0 N–H and O–H groups in total. The minimum Gasteiger partial charge on any atom is -0.378 e. The van der Waals surface area contributed by atoms with Crippen molar-refractivity contribution in [1.82, 2.24) is 14.7 Å². The largest absolute Gasteiger partial charge is 0.378 e. The van der Waals surface area contributed by atoms with E-state index in [1.54, 1.807) is 0 Å². The predicted molar refractivity (Wildman–Crippen MR) is 100 cm³/mol. The Morgan fingerprint density at radius 1 is 0.923 bits per heavy atom. The molecule has 4 fully saturated rings. The molecule has 5 aliphatic rings. The van der Waals surface area contributed by atoms with Crippen LogP contribution in [0, 0.1) is 5.92 Å². The number of nitrogens with zero attached hydrogens (tertiary/aromatic N) is 3. The van der Waals surface area contributed by atoms with Gasteiger partial charge in [-0.15, -0.1) is 0 Å². The van der Waals surface area contributed by atoms with Crippen LogP contribution in [0.3, 0.4) is 0 Å². The second-order valence-electron chi connectivity index (χ2n) is 8.42. The van der Waals surface area contributed by atoms with Gasteiger partial charge in [-0.25, -0.2) is 4.79 Å². The van der Waals surface area contributed by atoms with Crippen LogP contribution >= 0.6 is 0 Å². The van der Waals surface area contributed by atoms with Crippen LogP contribution in [0.1, 0.15) is 24.0 Å². The van der Waals surface area contributed by atoms with Crippen molar-refractivity contribution in [1.29, 1.82) is 0 Å². The highest BCUT2D eigenvalue weighted by molar-refractivity contribution is 5.75. The molecule has 0 unspecified atom stereocenters.